The van der Waals surface area contributed by atoms with Crippen molar-refractivity contribution in [3.05, 3.63) is 53.6 Å². The second kappa shape index (κ2) is 11.0. The Bertz CT molecular complexity index is 889. The fourth-order valence-electron chi connectivity index (χ4n) is 2.61. The van der Waals surface area contributed by atoms with Crippen molar-refractivity contribution in [2.24, 2.45) is 5.92 Å². The number of ketones is 1. The van der Waals surface area contributed by atoms with Crippen LogP contribution in [0.1, 0.15) is 36.2 Å². The molecule has 7 heteroatoms. The van der Waals surface area contributed by atoms with E-state index in [1.54, 1.807) is 64.5 Å². The Morgan fingerprint density at radius 3 is 2.20 bits per heavy atom. The molecule has 0 aliphatic rings. The van der Waals surface area contributed by atoms with Gasteiger partial charge < -0.3 is 19.5 Å². The van der Waals surface area contributed by atoms with Crippen LogP contribution in [0.25, 0.3) is 0 Å². The molecule has 1 amide bonds. The molecule has 0 bridgehead atoms. The molecule has 0 atom stereocenters. The van der Waals surface area contributed by atoms with Gasteiger partial charge in [-0.25, -0.2) is 0 Å². The highest BCUT2D eigenvalue weighted by molar-refractivity contribution is 5.99. The first-order chi connectivity index (χ1) is 14.3. The summed E-state index contributed by atoms with van der Waals surface area (Å²) in [4.78, 5) is 35.9. The second-order valence-corrected chi connectivity index (χ2v) is 6.99. The largest absolute Gasteiger partial charge is 0.493 e. The molecule has 2 aromatic carbocycles. The molecule has 30 heavy (non-hydrogen) atoms. The molecule has 0 saturated heterocycles. The molecule has 0 aliphatic heterocycles. The van der Waals surface area contributed by atoms with Gasteiger partial charge in [0.15, 0.2) is 23.9 Å². The Labute approximate surface area is 176 Å². The fourth-order valence-corrected chi connectivity index (χ4v) is 2.61. The molecule has 160 valence electrons. The van der Waals surface area contributed by atoms with E-state index < -0.39 is 5.97 Å². The zero-order chi connectivity index (χ0) is 22.1. The van der Waals surface area contributed by atoms with Crippen LogP contribution in [0.2, 0.25) is 0 Å². The summed E-state index contributed by atoms with van der Waals surface area (Å²) in [5.41, 5.74) is 1.91. The SMILES string of the molecule is COc1ccc(CCC(=O)OCC(=O)c2ccc(NC(=O)C(C)C)cc2)cc1OC. The molecule has 0 aliphatic carbocycles. The molecule has 0 saturated carbocycles. The molecule has 0 heterocycles. The van der Waals surface area contributed by atoms with Crippen LogP contribution in [0.5, 0.6) is 11.5 Å². The third-order valence-corrected chi connectivity index (χ3v) is 4.43. The summed E-state index contributed by atoms with van der Waals surface area (Å²) < 4.78 is 15.5. The highest BCUT2D eigenvalue weighted by atomic mass is 16.5. The van der Waals surface area contributed by atoms with Gasteiger partial charge in [-0.1, -0.05) is 19.9 Å². The number of nitrogens with one attached hydrogen (secondary N) is 1. The van der Waals surface area contributed by atoms with E-state index in [0.717, 1.165) is 5.56 Å². The average Bonchev–Trinajstić information content (AvgIpc) is 2.76. The zero-order valence-electron chi connectivity index (χ0n) is 17.7. The van der Waals surface area contributed by atoms with E-state index in [2.05, 4.69) is 5.32 Å². The smallest absolute Gasteiger partial charge is 0.306 e. The minimum atomic E-state index is -0.459. The van der Waals surface area contributed by atoms with Crippen molar-refractivity contribution in [1.29, 1.82) is 0 Å². The normalized spacial score (nSPS) is 10.4. The molecule has 0 spiro atoms. The molecule has 2 aromatic rings. The van der Waals surface area contributed by atoms with E-state index >= 15 is 0 Å². The minimum Gasteiger partial charge on any atom is -0.493 e. The number of carbonyl (C=O) groups excluding carboxylic acids is 3. The summed E-state index contributed by atoms with van der Waals surface area (Å²) in [5, 5.41) is 2.75. The van der Waals surface area contributed by atoms with E-state index in [0.29, 0.717) is 29.2 Å². The number of amides is 1. The maximum atomic E-state index is 12.2. The lowest BCUT2D eigenvalue weighted by Gasteiger charge is -2.10. The van der Waals surface area contributed by atoms with Crippen LogP contribution < -0.4 is 14.8 Å². The number of anilines is 1. The van der Waals surface area contributed by atoms with Crippen LogP contribution in [-0.4, -0.2) is 38.5 Å². The predicted molar refractivity (Wildman–Crippen MR) is 113 cm³/mol. The number of ether oxygens (including phenoxy) is 3. The van der Waals surface area contributed by atoms with Gasteiger partial charge in [-0.05, 0) is 48.4 Å². The van der Waals surface area contributed by atoms with Crippen molar-refractivity contribution in [2.45, 2.75) is 26.7 Å². The highest BCUT2D eigenvalue weighted by Gasteiger charge is 2.12. The van der Waals surface area contributed by atoms with Crippen LogP contribution in [0.15, 0.2) is 42.5 Å². The number of hydrogen-bond acceptors (Lipinski definition) is 6. The van der Waals surface area contributed by atoms with E-state index in [4.69, 9.17) is 14.2 Å². The third kappa shape index (κ3) is 6.62. The molecule has 0 aromatic heterocycles. The molecule has 0 fully saturated rings. The number of methoxy groups -OCH3 is 2. The number of carbonyl (C=O) groups is 3. The Hall–Kier alpha value is -3.35. The van der Waals surface area contributed by atoms with Crippen molar-refractivity contribution in [3.8, 4) is 11.5 Å². The molecule has 7 nitrogen and oxygen atoms in total. The summed E-state index contributed by atoms with van der Waals surface area (Å²) in [7, 11) is 3.10. The predicted octanol–water partition coefficient (Wildman–Crippen LogP) is 3.66. The molecule has 0 radical (unpaired) electrons. The number of benzene rings is 2. The molecular formula is C23H27NO6. The number of rotatable bonds is 10. The van der Waals surface area contributed by atoms with Crippen molar-refractivity contribution in [1.82, 2.24) is 0 Å². The van der Waals surface area contributed by atoms with Crippen molar-refractivity contribution in [3.63, 3.8) is 0 Å². The van der Waals surface area contributed by atoms with E-state index in [-0.39, 0.29) is 30.6 Å². The number of hydrogen-bond donors (Lipinski definition) is 1. The van der Waals surface area contributed by atoms with E-state index in [9.17, 15) is 14.4 Å². The summed E-state index contributed by atoms with van der Waals surface area (Å²) in [6.45, 7) is 3.27. The second-order valence-electron chi connectivity index (χ2n) is 6.99. The van der Waals surface area contributed by atoms with Crippen LogP contribution in [0.4, 0.5) is 5.69 Å². The summed E-state index contributed by atoms with van der Waals surface area (Å²) in [5.74, 6) is 0.202. The maximum Gasteiger partial charge on any atom is 0.306 e. The van der Waals surface area contributed by atoms with Gasteiger partial charge in [0.05, 0.1) is 14.2 Å². The Morgan fingerprint density at radius 2 is 1.60 bits per heavy atom. The van der Waals surface area contributed by atoms with Crippen LogP contribution in [0.3, 0.4) is 0 Å². The summed E-state index contributed by atoms with van der Waals surface area (Å²) >= 11 is 0. The van der Waals surface area contributed by atoms with Gasteiger partial charge in [-0.15, -0.1) is 0 Å². The Kier molecular flexibility index (Phi) is 8.41. The van der Waals surface area contributed by atoms with Crippen LogP contribution in [-0.2, 0) is 20.7 Å². The third-order valence-electron chi connectivity index (χ3n) is 4.43. The maximum absolute atomic E-state index is 12.2. The Morgan fingerprint density at radius 1 is 0.933 bits per heavy atom. The van der Waals surface area contributed by atoms with Crippen molar-refractivity contribution < 1.29 is 28.6 Å². The minimum absolute atomic E-state index is 0.0995. The quantitative estimate of drug-likeness (QED) is 0.472. The van der Waals surface area contributed by atoms with Crippen molar-refractivity contribution in [2.75, 3.05) is 26.1 Å². The van der Waals surface area contributed by atoms with Crippen LogP contribution >= 0.6 is 0 Å². The van der Waals surface area contributed by atoms with Gasteiger partial charge in [0.1, 0.15) is 0 Å². The number of Topliss-reactive ketones (excluding diaryl/α,β-unsaturated/α-hetero) is 1. The average molecular weight is 413 g/mol. The first-order valence-corrected chi connectivity index (χ1v) is 9.64. The molecular weight excluding hydrogens is 386 g/mol. The fraction of sp³-hybridized carbons (Fsp3) is 0.348. The molecule has 2 rings (SSSR count). The van der Waals surface area contributed by atoms with Gasteiger partial charge in [0.2, 0.25) is 5.91 Å². The lowest BCUT2D eigenvalue weighted by molar-refractivity contribution is -0.142. The molecule has 0 unspecified atom stereocenters. The number of esters is 1. The highest BCUT2D eigenvalue weighted by Crippen LogP contribution is 2.28. The Balaban J connectivity index is 1.81. The van der Waals surface area contributed by atoms with E-state index in [1.807, 2.05) is 6.07 Å². The van der Waals surface area contributed by atoms with Gasteiger partial charge in [0, 0.05) is 23.6 Å². The first kappa shape index (κ1) is 22.9. The van der Waals surface area contributed by atoms with Crippen molar-refractivity contribution >= 4 is 23.3 Å². The van der Waals surface area contributed by atoms with Gasteiger partial charge in [-0.3, -0.25) is 14.4 Å². The van der Waals surface area contributed by atoms with Gasteiger partial charge >= 0.3 is 5.97 Å². The first-order valence-electron chi connectivity index (χ1n) is 9.64. The van der Waals surface area contributed by atoms with Gasteiger partial charge in [0.25, 0.3) is 0 Å². The van der Waals surface area contributed by atoms with Gasteiger partial charge in [-0.2, -0.15) is 0 Å². The molecule has 1 N–H and O–H groups in total. The van der Waals surface area contributed by atoms with Crippen LogP contribution in [0, 0.1) is 5.92 Å². The summed E-state index contributed by atoms with van der Waals surface area (Å²) in [6.07, 6.45) is 0.598. The standard InChI is InChI=1S/C23H27NO6/c1-15(2)23(27)24-18-9-7-17(8-10-18)19(25)14-30-22(26)12-6-16-5-11-20(28-3)21(13-16)29-4/h5,7-11,13,15H,6,12,14H2,1-4H3,(H,24,27). The lowest BCUT2D eigenvalue weighted by Crippen LogP contribution is -2.18. The lowest BCUT2D eigenvalue weighted by atomic mass is 10.1. The summed E-state index contributed by atoms with van der Waals surface area (Å²) in [6, 6.07) is 11.9. The van der Waals surface area contributed by atoms with E-state index in [1.165, 1.54) is 0 Å². The number of aryl methyl sites for hydroxylation is 1. The zero-order valence-corrected chi connectivity index (χ0v) is 17.7. The monoisotopic (exact) mass is 413 g/mol. The topological polar surface area (TPSA) is 90.9 Å².